The number of anilines is 1. The highest BCUT2D eigenvalue weighted by Gasteiger charge is 2.18. The molecule has 0 radical (unpaired) electrons. The number of amides is 1. The van der Waals surface area contributed by atoms with Gasteiger partial charge in [-0.3, -0.25) is 4.79 Å². The molecule has 0 bridgehead atoms. The van der Waals surface area contributed by atoms with Gasteiger partial charge in [-0.25, -0.2) is 0 Å². The van der Waals surface area contributed by atoms with Crippen molar-refractivity contribution in [3.05, 3.63) is 53.1 Å². The molecule has 27 heavy (non-hydrogen) atoms. The minimum atomic E-state index is -0.726. The average Bonchev–Trinajstić information content (AvgIpc) is 3.06. The van der Waals surface area contributed by atoms with E-state index >= 15 is 0 Å². The Labute approximate surface area is 159 Å². The zero-order valence-corrected chi connectivity index (χ0v) is 16.0. The molecule has 0 spiro atoms. The Hall–Kier alpha value is -2.73. The number of nitrogens with one attached hydrogen (secondary N) is 1. The molecular weight excluding hydrogens is 344 g/mol. The normalized spacial score (nSPS) is 13.9. The number of aliphatic hydroxyl groups excluding tert-OH is 1. The van der Waals surface area contributed by atoms with Gasteiger partial charge in [0.25, 0.3) is 0 Å². The summed E-state index contributed by atoms with van der Waals surface area (Å²) in [4.78, 5) is 14.4. The number of fused-ring (bicyclic) bond motifs is 1. The van der Waals surface area contributed by atoms with Crippen molar-refractivity contribution in [1.29, 1.82) is 0 Å². The molecule has 3 rings (SSSR count). The van der Waals surface area contributed by atoms with Crippen LogP contribution in [0.5, 0.6) is 11.5 Å². The molecule has 1 unspecified atom stereocenters. The maximum atomic E-state index is 12.2. The van der Waals surface area contributed by atoms with Crippen LogP contribution in [0.2, 0.25) is 0 Å². The van der Waals surface area contributed by atoms with E-state index < -0.39 is 6.10 Å². The van der Waals surface area contributed by atoms with Crippen LogP contribution in [0.15, 0.2) is 36.4 Å². The quantitative estimate of drug-likeness (QED) is 0.781. The summed E-state index contributed by atoms with van der Waals surface area (Å²) >= 11 is 0. The van der Waals surface area contributed by atoms with E-state index in [2.05, 4.69) is 17.3 Å². The zero-order valence-electron chi connectivity index (χ0n) is 16.0. The fourth-order valence-corrected chi connectivity index (χ4v) is 3.36. The predicted octanol–water partition coefficient (Wildman–Crippen LogP) is 2.09. The Bertz CT molecular complexity index is 822. The lowest BCUT2D eigenvalue weighted by Gasteiger charge is -2.16. The summed E-state index contributed by atoms with van der Waals surface area (Å²) < 4.78 is 10.5. The van der Waals surface area contributed by atoms with Crippen molar-refractivity contribution in [3.8, 4) is 11.5 Å². The molecular formula is C21H26N2O4. The summed E-state index contributed by atoms with van der Waals surface area (Å²) in [6.45, 7) is 1.18. The van der Waals surface area contributed by atoms with Gasteiger partial charge in [0.2, 0.25) is 5.91 Å². The lowest BCUT2D eigenvalue weighted by molar-refractivity contribution is -0.120. The van der Waals surface area contributed by atoms with Crippen molar-refractivity contribution in [2.24, 2.45) is 0 Å². The number of carbonyl (C=O) groups excluding carboxylic acids is 1. The van der Waals surface area contributed by atoms with Crippen molar-refractivity contribution in [1.82, 2.24) is 5.32 Å². The number of likely N-dealkylation sites (N-methyl/N-ethyl adjacent to an activating group) is 1. The Morgan fingerprint density at radius 3 is 2.70 bits per heavy atom. The van der Waals surface area contributed by atoms with Crippen molar-refractivity contribution in [3.63, 3.8) is 0 Å². The third-order valence-corrected chi connectivity index (χ3v) is 4.92. The van der Waals surface area contributed by atoms with Crippen LogP contribution >= 0.6 is 0 Å². The Morgan fingerprint density at radius 1 is 1.19 bits per heavy atom. The van der Waals surface area contributed by atoms with Crippen molar-refractivity contribution in [2.45, 2.75) is 18.9 Å². The average molecular weight is 370 g/mol. The summed E-state index contributed by atoms with van der Waals surface area (Å²) in [6.07, 6.45) is 0.468. The van der Waals surface area contributed by atoms with Gasteiger partial charge in [0.05, 0.1) is 26.7 Å². The first kappa shape index (κ1) is 19.0. The van der Waals surface area contributed by atoms with Gasteiger partial charge >= 0.3 is 0 Å². The van der Waals surface area contributed by atoms with Crippen LogP contribution in [0.4, 0.5) is 5.69 Å². The molecule has 0 fully saturated rings. The first-order chi connectivity index (χ1) is 13.0. The number of carbonyl (C=O) groups is 1. The second kappa shape index (κ2) is 8.31. The molecule has 0 saturated carbocycles. The van der Waals surface area contributed by atoms with Crippen LogP contribution in [0.25, 0.3) is 0 Å². The topological polar surface area (TPSA) is 71.0 Å². The van der Waals surface area contributed by atoms with Crippen molar-refractivity contribution >= 4 is 11.6 Å². The standard InChI is InChI=1S/C21H26N2O4/c1-23-9-8-15-12-16(5-6-17(15)23)18(24)13-22-21(25)11-14-4-7-19(26-2)20(10-14)27-3/h4-7,10,12,18,24H,8-9,11,13H2,1-3H3,(H,22,25). The molecule has 2 aromatic rings. The van der Waals surface area contributed by atoms with Crippen LogP contribution in [-0.4, -0.2) is 45.4 Å². The van der Waals surface area contributed by atoms with Crippen LogP contribution in [-0.2, 0) is 17.6 Å². The van der Waals surface area contributed by atoms with Crippen LogP contribution in [0.3, 0.4) is 0 Å². The second-order valence-electron chi connectivity index (χ2n) is 6.75. The molecule has 6 nitrogen and oxygen atoms in total. The maximum Gasteiger partial charge on any atom is 0.224 e. The highest BCUT2D eigenvalue weighted by atomic mass is 16.5. The Morgan fingerprint density at radius 2 is 1.96 bits per heavy atom. The van der Waals surface area contributed by atoms with E-state index in [0.29, 0.717) is 11.5 Å². The largest absolute Gasteiger partial charge is 0.493 e. The van der Waals surface area contributed by atoms with Crippen molar-refractivity contribution in [2.75, 3.05) is 39.3 Å². The minimum absolute atomic E-state index is 0.151. The van der Waals surface area contributed by atoms with Gasteiger partial charge in [0, 0.05) is 25.8 Å². The number of hydrogen-bond acceptors (Lipinski definition) is 5. The lowest BCUT2D eigenvalue weighted by Crippen LogP contribution is -2.29. The van der Waals surface area contributed by atoms with E-state index in [-0.39, 0.29) is 18.9 Å². The highest BCUT2D eigenvalue weighted by Crippen LogP contribution is 2.29. The van der Waals surface area contributed by atoms with Gasteiger partial charge < -0.3 is 24.8 Å². The van der Waals surface area contributed by atoms with Gasteiger partial charge in [0.1, 0.15) is 0 Å². The first-order valence-electron chi connectivity index (χ1n) is 9.01. The van der Waals surface area contributed by atoms with Crippen LogP contribution in [0, 0.1) is 0 Å². The lowest BCUT2D eigenvalue weighted by atomic mass is 10.0. The third-order valence-electron chi connectivity index (χ3n) is 4.92. The van der Waals surface area contributed by atoms with Gasteiger partial charge in [-0.05, 0) is 41.3 Å². The molecule has 1 aliphatic heterocycles. The minimum Gasteiger partial charge on any atom is -0.493 e. The molecule has 0 aliphatic carbocycles. The van der Waals surface area contributed by atoms with E-state index in [1.54, 1.807) is 26.4 Å². The predicted molar refractivity (Wildman–Crippen MR) is 105 cm³/mol. The number of aliphatic hydroxyl groups is 1. The zero-order chi connectivity index (χ0) is 19.4. The summed E-state index contributed by atoms with van der Waals surface area (Å²) in [7, 11) is 5.20. The molecule has 1 amide bonds. The van der Waals surface area contributed by atoms with Gasteiger partial charge in [-0.2, -0.15) is 0 Å². The van der Waals surface area contributed by atoms with Crippen LogP contribution < -0.4 is 19.7 Å². The fraction of sp³-hybridized carbons (Fsp3) is 0.381. The molecule has 6 heteroatoms. The summed E-state index contributed by atoms with van der Waals surface area (Å²) in [5.74, 6) is 1.06. The van der Waals surface area contributed by atoms with E-state index in [0.717, 1.165) is 24.1 Å². The molecule has 1 heterocycles. The molecule has 0 aromatic heterocycles. The molecule has 1 aliphatic rings. The first-order valence-corrected chi connectivity index (χ1v) is 9.01. The molecule has 2 aromatic carbocycles. The van der Waals surface area contributed by atoms with E-state index in [9.17, 15) is 9.90 Å². The van der Waals surface area contributed by atoms with Gasteiger partial charge in [-0.15, -0.1) is 0 Å². The highest BCUT2D eigenvalue weighted by molar-refractivity contribution is 5.78. The van der Waals surface area contributed by atoms with Crippen LogP contribution in [0.1, 0.15) is 22.8 Å². The molecule has 144 valence electrons. The fourth-order valence-electron chi connectivity index (χ4n) is 3.36. The molecule has 0 saturated heterocycles. The smallest absolute Gasteiger partial charge is 0.224 e. The molecule has 2 N–H and O–H groups in total. The van der Waals surface area contributed by atoms with Crippen molar-refractivity contribution < 1.29 is 19.4 Å². The summed E-state index contributed by atoms with van der Waals surface area (Å²) in [5, 5.41) is 13.2. The number of benzene rings is 2. The van der Waals surface area contributed by atoms with Gasteiger partial charge in [-0.1, -0.05) is 18.2 Å². The molecule has 1 atom stereocenters. The number of methoxy groups -OCH3 is 2. The number of rotatable bonds is 7. The number of hydrogen-bond donors (Lipinski definition) is 2. The number of nitrogens with zero attached hydrogens (tertiary/aromatic N) is 1. The summed E-state index contributed by atoms with van der Waals surface area (Å²) in [6, 6.07) is 11.4. The van der Waals surface area contributed by atoms with Gasteiger partial charge in [0.15, 0.2) is 11.5 Å². The Balaban J connectivity index is 1.56. The third kappa shape index (κ3) is 4.34. The Kier molecular flexibility index (Phi) is 5.86. The second-order valence-corrected chi connectivity index (χ2v) is 6.75. The maximum absolute atomic E-state index is 12.2. The SMILES string of the molecule is COc1ccc(CC(=O)NCC(O)c2ccc3c(c2)CCN3C)cc1OC. The monoisotopic (exact) mass is 370 g/mol. The summed E-state index contributed by atoms with van der Waals surface area (Å²) in [5.41, 5.74) is 4.10. The van der Waals surface area contributed by atoms with E-state index in [1.165, 1.54) is 11.3 Å². The van der Waals surface area contributed by atoms with E-state index in [4.69, 9.17) is 9.47 Å². The number of ether oxygens (including phenoxy) is 2. The van der Waals surface area contributed by atoms with E-state index in [1.807, 2.05) is 24.3 Å².